The molecule has 1 heterocycles. The van der Waals surface area contributed by atoms with Gasteiger partial charge in [0, 0.05) is 19.8 Å². The second kappa shape index (κ2) is 7.93. The zero-order valence-corrected chi connectivity index (χ0v) is 15.2. The monoisotopic (exact) mass is 450 g/mol. The number of rotatable bonds is 5. The van der Waals surface area contributed by atoms with Crippen LogP contribution in [0.25, 0.3) is 0 Å². The van der Waals surface area contributed by atoms with E-state index in [9.17, 15) is 4.79 Å². The lowest BCUT2D eigenvalue weighted by Crippen LogP contribution is -2.24. The predicted octanol–water partition coefficient (Wildman–Crippen LogP) is 4.46. The Morgan fingerprint density at radius 1 is 1.43 bits per heavy atom. The maximum Gasteiger partial charge on any atom is 0.277 e. The van der Waals surface area contributed by atoms with E-state index in [1.165, 1.54) is 11.3 Å². The predicted molar refractivity (Wildman–Crippen MR) is 92.4 cm³/mol. The Kier molecular flexibility index (Phi) is 6.22. The van der Waals surface area contributed by atoms with Crippen molar-refractivity contribution in [3.8, 4) is 5.75 Å². The Morgan fingerprint density at radius 3 is 2.90 bits per heavy atom. The SMILES string of the molecule is O=C(COc1ccc(Cl)cc1Br)NN=Cc1cc(Br)cs1. The summed E-state index contributed by atoms with van der Waals surface area (Å²) in [4.78, 5) is 12.5. The summed E-state index contributed by atoms with van der Waals surface area (Å²) in [6.45, 7) is -0.133. The van der Waals surface area contributed by atoms with Crippen LogP contribution in [0.5, 0.6) is 5.75 Å². The van der Waals surface area contributed by atoms with Gasteiger partial charge in [0.15, 0.2) is 6.61 Å². The highest BCUT2D eigenvalue weighted by molar-refractivity contribution is 9.10. The fourth-order valence-electron chi connectivity index (χ4n) is 1.33. The molecular weight excluding hydrogens is 443 g/mol. The fraction of sp³-hybridized carbons (Fsp3) is 0.0769. The minimum absolute atomic E-state index is 0.133. The van der Waals surface area contributed by atoms with Gasteiger partial charge in [0.05, 0.1) is 10.7 Å². The van der Waals surface area contributed by atoms with Crippen molar-refractivity contribution in [1.82, 2.24) is 5.43 Å². The molecule has 0 bridgehead atoms. The van der Waals surface area contributed by atoms with Crippen LogP contribution in [-0.4, -0.2) is 18.7 Å². The number of carbonyl (C=O) groups is 1. The molecule has 0 fully saturated rings. The molecule has 2 aromatic rings. The van der Waals surface area contributed by atoms with Gasteiger partial charge in [-0.2, -0.15) is 5.10 Å². The van der Waals surface area contributed by atoms with E-state index in [4.69, 9.17) is 16.3 Å². The number of nitrogens with one attached hydrogen (secondary N) is 1. The van der Waals surface area contributed by atoms with Crippen LogP contribution in [0, 0.1) is 0 Å². The summed E-state index contributed by atoms with van der Waals surface area (Å²) in [6.07, 6.45) is 1.57. The molecule has 8 heteroatoms. The molecular formula is C13H9Br2ClN2O2S. The maximum absolute atomic E-state index is 11.6. The maximum atomic E-state index is 11.6. The molecule has 0 aliphatic heterocycles. The number of hydrogen-bond acceptors (Lipinski definition) is 4. The lowest BCUT2D eigenvalue weighted by molar-refractivity contribution is -0.123. The largest absolute Gasteiger partial charge is 0.483 e. The number of nitrogens with zero attached hydrogens (tertiary/aromatic N) is 1. The summed E-state index contributed by atoms with van der Waals surface area (Å²) < 4.78 is 7.04. The van der Waals surface area contributed by atoms with Crippen molar-refractivity contribution in [2.75, 3.05) is 6.61 Å². The first-order valence-electron chi connectivity index (χ1n) is 5.68. The van der Waals surface area contributed by atoms with Gasteiger partial charge in [-0.25, -0.2) is 5.43 Å². The smallest absolute Gasteiger partial charge is 0.277 e. The number of ether oxygens (including phenoxy) is 1. The molecule has 0 saturated carbocycles. The van der Waals surface area contributed by atoms with Crippen molar-refractivity contribution < 1.29 is 9.53 Å². The molecule has 21 heavy (non-hydrogen) atoms. The average molecular weight is 453 g/mol. The highest BCUT2D eigenvalue weighted by atomic mass is 79.9. The lowest BCUT2D eigenvalue weighted by Gasteiger charge is -2.07. The molecule has 0 spiro atoms. The van der Waals surface area contributed by atoms with Crippen LogP contribution in [0.3, 0.4) is 0 Å². The Balaban J connectivity index is 1.81. The molecule has 1 aromatic carbocycles. The third-order valence-corrected chi connectivity index (χ3v) is 4.70. The van der Waals surface area contributed by atoms with Crippen LogP contribution in [0.15, 0.2) is 43.7 Å². The van der Waals surface area contributed by atoms with E-state index in [1.807, 2.05) is 11.4 Å². The van der Waals surface area contributed by atoms with Crippen molar-refractivity contribution in [3.63, 3.8) is 0 Å². The average Bonchev–Trinajstić information content (AvgIpc) is 2.83. The van der Waals surface area contributed by atoms with Crippen LogP contribution < -0.4 is 10.2 Å². The molecule has 0 aliphatic carbocycles. The van der Waals surface area contributed by atoms with Crippen molar-refractivity contribution in [3.05, 3.63) is 48.5 Å². The van der Waals surface area contributed by atoms with Crippen molar-refractivity contribution in [1.29, 1.82) is 0 Å². The van der Waals surface area contributed by atoms with Gasteiger partial charge in [-0.3, -0.25) is 4.79 Å². The van der Waals surface area contributed by atoms with E-state index in [-0.39, 0.29) is 12.5 Å². The van der Waals surface area contributed by atoms with Gasteiger partial charge in [0.2, 0.25) is 0 Å². The summed E-state index contributed by atoms with van der Waals surface area (Å²) in [6, 6.07) is 6.97. The van der Waals surface area contributed by atoms with Gasteiger partial charge in [-0.1, -0.05) is 11.6 Å². The van der Waals surface area contributed by atoms with E-state index in [1.54, 1.807) is 24.4 Å². The number of carbonyl (C=O) groups excluding carboxylic acids is 1. The zero-order chi connectivity index (χ0) is 15.2. The molecule has 2 rings (SSSR count). The van der Waals surface area contributed by atoms with E-state index < -0.39 is 0 Å². The van der Waals surface area contributed by atoms with E-state index >= 15 is 0 Å². The Hall–Kier alpha value is -0.890. The molecule has 0 unspecified atom stereocenters. The van der Waals surface area contributed by atoms with Crippen LogP contribution >= 0.6 is 54.8 Å². The van der Waals surface area contributed by atoms with Crippen LogP contribution in [0.4, 0.5) is 0 Å². The van der Waals surface area contributed by atoms with Crippen LogP contribution in [0.2, 0.25) is 5.02 Å². The zero-order valence-electron chi connectivity index (χ0n) is 10.5. The van der Waals surface area contributed by atoms with Crippen molar-refractivity contribution >= 4 is 66.9 Å². The third kappa shape index (κ3) is 5.43. The minimum Gasteiger partial charge on any atom is -0.483 e. The first-order chi connectivity index (χ1) is 10.0. The normalized spacial score (nSPS) is 10.8. The molecule has 110 valence electrons. The van der Waals surface area contributed by atoms with Gasteiger partial charge in [-0.15, -0.1) is 11.3 Å². The van der Waals surface area contributed by atoms with Crippen LogP contribution in [0.1, 0.15) is 4.88 Å². The summed E-state index contributed by atoms with van der Waals surface area (Å²) in [5.41, 5.74) is 2.40. The van der Waals surface area contributed by atoms with Gasteiger partial charge in [0.1, 0.15) is 5.75 Å². The number of hydrogen-bond donors (Lipinski definition) is 1. The topological polar surface area (TPSA) is 50.7 Å². The first-order valence-corrected chi connectivity index (χ1v) is 8.53. The summed E-state index contributed by atoms with van der Waals surface area (Å²) in [5, 5.41) is 6.38. The van der Waals surface area contributed by atoms with E-state index in [0.717, 1.165) is 9.35 Å². The minimum atomic E-state index is -0.344. The van der Waals surface area contributed by atoms with Crippen LogP contribution in [-0.2, 0) is 4.79 Å². The Morgan fingerprint density at radius 2 is 2.24 bits per heavy atom. The first kappa shape index (κ1) is 16.5. The van der Waals surface area contributed by atoms with Crippen molar-refractivity contribution in [2.24, 2.45) is 5.10 Å². The number of benzene rings is 1. The number of amides is 1. The number of halogens is 3. The third-order valence-electron chi connectivity index (χ3n) is 2.22. The molecule has 0 aliphatic rings. The summed E-state index contributed by atoms with van der Waals surface area (Å²) in [7, 11) is 0. The molecule has 1 aromatic heterocycles. The lowest BCUT2D eigenvalue weighted by atomic mass is 10.3. The van der Waals surface area contributed by atoms with Crippen molar-refractivity contribution in [2.45, 2.75) is 0 Å². The quantitative estimate of drug-likeness (QED) is 0.538. The standard InChI is InChI=1S/C13H9Br2ClN2O2S/c14-8-3-10(21-7-8)5-17-18-13(19)6-20-12-2-1-9(16)4-11(12)15/h1-5,7H,6H2,(H,18,19). The Labute approximate surface area is 147 Å². The molecule has 0 radical (unpaired) electrons. The molecule has 0 atom stereocenters. The molecule has 1 amide bonds. The molecule has 0 saturated heterocycles. The second-order valence-electron chi connectivity index (χ2n) is 3.82. The second-order valence-corrected chi connectivity index (χ2v) is 6.97. The van der Waals surface area contributed by atoms with E-state index in [0.29, 0.717) is 15.2 Å². The van der Waals surface area contributed by atoms with Gasteiger partial charge in [-0.05, 0) is 56.1 Å². The highest BCUT2D eigenvalue weighted by Crippen LogP contribution is 2.27. The van der Waals surface area contributed by atoms with Gasteiger partial charge >= 0.3 is 0 Å². The number of hydrazone groups is 1. The summed E-state index contributed by atoms with van der Waals surface area (Å²) in [5.74, 6) is 0.199. The van der Waals surface area contributed by atoms with Gasteiger partial charge in [0.25, 0.3) is 5.91 Å². The summed E-state index contributed by atoms with van der Waals surface area (Å²) >= 11 is 14.0. The Bertz CT molecular complexity index is 676. The molecule has 4 nitrogen and oxygen atoms in total. The molecule has 1 N–H and O–H groups in total. The van der Waals surface area contributed by atoms with Gasteiger partial charge < -0.3 is 4.74 Å². The number of thiophene rings is 1. The van der Waals surface area contributed by atoms with E-state index in [2.05, 4.69) is 42.4 Å². The fourth-order valence-corrected chi connectivity index (χ4v) is 3.43. The highest BCUT2D eigenvalue weighted by Gasteiger charge is 2.05.